The van der Waals surface area contributed by atoms with Gasteiger partial charge in [0.25, 0.3) is 5.91 Å². The second kappa shape index (κ2) is 5.17. The Hall–Kier alpha value is -2.24. The van der Waals surface area contributed by atoms with Crippen LogP contribution < -0.4 is 0 Å². The standard InChI is InChI=1S/C13H14FN3O2/c1-8-11(9(2)19-16-8)7-17(3)13(18)10-5-4-6-15-12(10)14/h4-6H,7H2,1-3H3. The summed E-state index contributed by atoms with van der Waals surface area (Å²) in [6.45, 7) is 3.89. The van der Waals surface area contributed by atoms with E-state index in [1.54, 1.807) is 20.9 Å². The number of pyridine rings is 1. The fourth-order valence-electron chi connectivity index (χ4n) is 1.79. The van der Waals surface area contributed by atoms with E-state index in [4.69, 9.17) is 4.52 Å². The summed E-state index contributed by atoms with van der Waals surface area (Å²) in [7, 11) is 1.60. The largest absolute Gasteiger partial charge is 0.361 e. The summed E-state index contributed by atoms with van der Waals surface area (Å²) in [5.74, 6) is -0.535. The first-order valence-corrected chi connectivity index (χ1v) is 5.78. The summed E-state index contributed by atoms with van der Waals surface area (Å²) in [4.78, 5) is 17.0. The molecule has 19 heavy (non-hydrogen) atoms. The maximum atomic E-state index is 13.4. The van der Waals surface area contributed by atoms with Crippen molar-refractivity contribution in [3.63, 3.8) is 0 Å². The van der Waals surface area contributed by atoms with Gasteiger partial charge in [0.05, 0.1) is 17.8 Å². The first kappa shape index (κ1) is 13.2. The topological polar surface area (TPSA) is 59.2 Å². The highest BCUT2D eigenvalue weighted by Crippen LogP contribution is 2.16. The van der Waals surface area contributed by atoms with Gasteiger partial charge in [-0.15, -0.1) is 0 Å². The molecule has 0 fully saturated rings. The van der Waals surface area contributed by atoms with Crippen LogP contribution in [0.3, 0.4) is 0 Å². The summed E-state index contributed by atoms with van der Waals surface area (Å²) in [6, 6.07) is 2.94. The number of nitrogens with zero attached hydrogens (tertiary/aromatic N) is 3. The zero-order valence-electron chi connectivity index (χ0n) is 11.0. The third kappa shape index (κ3) is 2.62. The highest BCUT2D eigenvalue weighted by molar-refractivity contribution is 5.93. The van der Waals surface area contributed by atoms with Crippen LogP contribution in [0.25, 0.3) is 0 Å². The SMILES string of the molecule is Cc1noc(C)c1CN(C)C(=O)c1cccnc1F. The molecule has 0 saturated carbocycles. The van der Waals surface area contributed by atoms with Gasteiger partial charge in [-0.2, -0.15) is 4.39 Å². The summed E-state index contributed by atoms with van der Waals surface area (Å²) < 4.78 is 18.5. The van der Waals surface area contributed by atoms with Crippen molar-refractivity contribution >= 4 is 5.91 Å². The van der Waals surface area contributed by atoms with Crippen molar-refractivity contribution in [1.29, 1.82) is 0 Å². The first-order valence-electron chi connectivity index (χ1n) is 5.78. The van der Waals surface area contributed by atoms with Crippen LogP contribution >= 0.6 is 0 Å². The van der Waals surface area contributed by atoms with Gasteiger partial charge in [0.2, 0.25) is 5.95 Å². The maximum Gasteiger partial charge on any atom is 0.258 e. The fourth-order valence-corrected chi connectivity index (χ4v) is 1.79. The van der Waals surface area contributed by atoms with Crippen molar-refractivity contribution < 1.29 is 13.7 Å². The predicted octanol–water partition coefficient (Wildman–Crippen LogP) is 2.10. The Morgan fingerprint density at radius 1 is 1.47 bits per heavy atom. The van der Waals surface area contributed by atoms with Crippen LogP contribution in [0.2, 0.25) is 0 Å². The zero-order valence-corrected chi connectivity index (χ0v) is 11.0. The van der Waals surface area contributed by atoms with E-state index < -0.39 is 11.9 Å². The Morgan fingerprint density at radius 3 is 2.79 bits per heavy atom. The van der Waals surface area contributed by atoms with E-state index >= 15 is 0 Å². The molecule has 0 aliphatic rings. The Morgan fingerprint density at radius 2 is 2.21 bits per heavy atom. The summed E-state index contributed by atoms with van der Waals surface area (Å²) >= 11 is 0. The lowest BCUT2D eigenvalue weighted by molar-refractivity contribution is 0.0779. The molecule has 2 aromatic rings. The van der Waals surface area contributed by atoms with Crippen LogP contribution in [0.1, 0.15) is 27.4 Å². The molecule has 2 rings (SSSR count). The van der Waals surface area contributed by atoms with E-state index in [-0.39, 0.29) is 5.56 Å². The van der Waals surface area contributed by atoms with Crippen molar-refractivity contribution in [2.75, 3.05) is 7.05 Å². The monoisotopic (exact) mass is 263 g/mol. The third-order valence-corrected chi connectivity index (χ3v) is 2.91. The Kier molecular flexibility index (Phi) is 3.59. The van der Waals surface area contributed by atoms with Crippen molar-refractivity contribution in [1.82, 2.24) is 15.0 Å². The number of hydrogen-bond acceptors (Lipinski definition) is 4. The van der Waals surface area contributed by atoms with E-state index in [1.807, 2.05) is 0 Å². The van der Waals surface area contributed by atoms with Gasteiger partial charge in [-0.05, 0) is 26.0 Å². The van der Waals surface area contributed by atoms with Gasteiger partial charge in [-0.3, -0.25) is 4.79 Å². The van der Waals surface area contributed by atoms with Gasteiger partial charge in [-0.25, -0.2) is 4.98 Å². The number of amides is 1. The molecule has 0 unspecified atom stereocenters. The molecule has 0 N–H and O–H groups in total. The van der Waals surface area contributed by atoms with Crippen molar-refractivity contribution in [2.24, 2.45) is 0 Å². The fraction of sp³-hybridized carbons (Fsp3) is 0.308. The number of carbonyl (C=O) groups excluding carboxylic acids is 1. The van der Waals surface area contributed by atoms with E-state index in [1.165, 1.54) is 23.2 Å². The summed E-state index contributed by atoms with van der Waals surface area (Å²) in [6.07, 6.45) is 1.31. The molecule has 0 bridgehead atoms. The molecule has 0 spiro atoms. The van der Waals surface area contributed by atoms with Gasteiger partial charge in [0.1, 0.15) is 5.76 Å². The molecule has 0 aliphatic heterocycles. The molecular weight excluding hydrogens is 249 g/mol. The zero-order chi connectivity index (χ0) is 14.0. The number of aromatic nitrogens is 2. The molecule has 0 radical (unpaired) electrons. The molecule has 2 aromatic heterocycles. The molecule has 1 amide bonds. The minimum absolute atomic E-state index is 0.0447. The van der Waals surface area contributed by atoms with Crippen LogP contribution in [0.5, 0.6) is 0 Å². The van der Waals surface area contributed by atoms with Crippen molar-refractivity contribution in [3.05, 3.63) is 46.9 Å². The molecule has 0 aromatic carbocycles. The minimum Gasteiger partial charge on any atom is -0.361 e. The van der Waals surface area contributed by atoms with Gasteiger partial charge in [0, 0.05) is 18.8 Å². The van der Waals surface area contributed by atoms with E-state index in [0.29, 0.717) is 12.3 Å². The number of carbonyl (C=O) groups is 1. The van der Waals surface area contributed by atoms with Gasteiger partial charge >= 0.3 is 0 Å². The Balaban J connectivity index is 2.19. The predicted molar refractivity (Wildman–Crippen MR) is 66.0 cm³/mol. The highest BCUT2D eigenvalue weighted by Gasteiger charge is 2.19. The first-order chi connectivity index (χ1) is 9.00. The second-order valence-corrected chi connectivity index (χ2v) is 4.31. The summed E-state index contributed by atoms with van der Waals surface area (Å²) in [5, 5.41) is 3.82. The Labute approximate surface area is 110 Å². The second-order valence-electron chi connectivity index (χ2n) is 4.31. The lowest BCUT2D eigenvalue weighted by atomic mass is 10.2. The van der Waals surface area contributed by atoms with Gasteiger partial charge in [0.15, 0.2) is 0 Å². The van der Waals surface area contributed by atoms with Crippen LogP contribution in [0.15, 0.2) is 22.9 Å². The number of aryl methyl sites for hydroxylation is 2. The summed E-state index contributed by atoms with van der Waals surface area (Å²) in [5.41, 5.74) is 1.51. The van der Waals surface area contributed by atoms with E-state index in [9.17, 15) is 9.18 Å². The minimum atomic E-state index is -0.766. The molecule has 0 atom stereocenters. The third-order valence-electron chi connectivity index (χ3n) is 2.91. The molecule has 0 saturated heterocycles. The average Bonchev–Trinajstić information content (AvgIpc) is 2.70. The van der Waals surface area contributed by atoms with Gasteiger partial charge in [-0.1, -0.05) is 5.16 Å². The van der Waals surface area contributed by atoms with Crippen LogP contribution in [-0.2, 0) is 6.54 Å². The Bertz CT molecular complexity index is 590. The van der Waals surface area contributed by atoms with Crippen molar-refractivity contribution in [2.45, 2.75) is 20.4 Å². The molecule has 6 heteroatoms. The van der Waals surface area contributed by atoms with Crippen LogP contribution in [-0.4, -0.2) is 28.0 Å². The van der Waals surface area contributed by atoms with Crippen molar-refractivity contribution in [3.8, 4) is 0 Å². The quantitative estimate of drug-likeness (QED) is 0.796. The van der Waals surface area contributed by atoms with Crippen LogP contribution in [0, 0.1) is 19.8 Å². The molecule has 2 heterocycles. The highest BCUT2D eigenvalue weighted by atomic mass is 19.1. The van der Waals surface area contributed by atoms with E-state index in [0.717, 1.165) is 11.3 Å². The lowest BCUT2D eigenvalue weighted by Gasteiger charge is -2.17. The average molecular weight is 263 g/mol. The number of halogens is 1. The molecule has 0 aliphatic carbocycles. The molecular formula is C13H14FN3O2. The number of hydrogen-bond donors (Lipinski definition) is 0. The normalized spacial score (nSPS) is 10.5. The van der Waals surface area contributed by atoms with E-state index in [2.05, 4.69) is 10.1 Å². The molecule has 5 nitrogen and oxygen atoms in total. The van der Waals surface area contributed by atoms with Gasteiger partial charge < -0.3 is 9.42 Å². The molecule has 100 valence electrons. The maximum absolute atomic E-state index is 13.4. The smallest absolute Gasteiger partial charge is 0.258 e. The van der Waals surface area contributed by atoms with Crippen LogP contribution in [0.4, 0.5) is 4.39 Å². The number of rotatable bonds is 3. The lowest BCUT2D eigenvalue weighted by Crippen LogP contribution is -2.27.